The first-order valence-electron chi connectivity index (χ1n) is 3.67. The number of allylic oxidation sites excluding steroid dienone is 4. The molecule has 0 saturated carbocycles. The molecule has 0 spiro atoms. The molecule has 0 aliphatic heterocycles. The Hall–Kier alpha value is 0.110. The Labute approximate surface area is 102 Å². The van der Waals surface area contributed by atoms with Crippen LogP contribution in [0.15, 0.2) is 28.4 Å². The van der Waals surface area contributed by atoms with Gasteiger partial charge in [-0.3, -0.25) is 0 Å². The first-order chi connectivity index (χ1) is 6.30. The van der Waals surface area contributed by atoms with Gasteiger partial charge in [-0.2, -0.15) is 0 Å². The number of hydrogen-bond donors (Lipinski definition) is 1. The van der Waals surface area contributed by atoms with Crippen molar-refractivity contribution < 1.29 is 5.21 Å². The van der Waals surface area contributed by atoms with Gasteiger partial charge in [-0.25, -0.2) is 0 Å². The van der Waals surface area contributed by atoms with Crippen molar-refractivity contribution in [3.05, 3.63) is 23.3 Å². The number of rotatable bonds is 0. The number of halogens is 4. The maximum absolute atomic E-state index is 8.55. The van der Waals surface area contributed by atoms with Gasteiger partial charge in [0.2, 0.25) is 3.79 Å². The van der Waals surface area contributed by atoms with Crippen LogP contribution >= 0.6 is 46.4 Å². The van der Waals surface area contributed by atoms with Crippen LogP contribution in [0.25, 0.3) is 0 Å². The first-order valence-corrected chi connectivity index (χ1v) is 5.18. The second kappa shape index (κ2) is 3.93. The molecule has 0 bridgehead atoms. The predicted octanol–water partition coefficient (Wildman–Crippen LogP) is 3.89. The molecule has 6 heteroatoms. The summed E-state index contributed by atoms with van der Waals surface area (Å²) < 4.78 is -1.50. The molecule has 1 atom stereocenters. The normalized spacial score (nSPS) is 30.6. The van der Waals surface area contributed by atoms with E-state index in [0.717, 1.165) is 0 Å². The molecule has 0 fully saturated rings. The van der Waals surface area contributed by atoms with Gasteiger partial charge >= 0.3 is 0 Å². The summed E-state index contributed by atoms with van der Waals surface area (Å²) in [6, 6.07) is 0. The minimum Gasteiger partial charge on any atom is -0.410 e. The topological polar surface area (TPSA) is 32.6 Å². The van der Waals surface area contributed by atoms with E-state index in [4.69, 9.17) is 51.6 Å². The van der Waals surface area contributed by atoms with Crippen LogP contribution in [0, 0.1) is 5.41 Å². The molecule has 1 aliphatic rings. The fraction of sp³-hybridized carbons (Fsp3) is 0.375. The third-order valence-electron chi connectivity index (χ3n) is 1.98. The van der Waals surface area contributed by atoms with Crippen molar-refractivity contribution in [2.75, 3.05) is 0 Å². The van der Waals surface area contributed by atoms with Crippen molar-refractivity contribution in [1.29, 1.82) is 0 Å². The van der Waals surface area contributed by atoms with E-state index in [9.17, 15) is 0 Å². The van der Waals surface area contributed by atoms with Gasteiger partial charge in [-0.1, -0.05) is 57.6 Å². The highest BCUT2D eigenvalue weighted by Crippen LogP contribution is 2.48. The average Bonchev–Trinajstić information content (AvgIpc) is 2.02. The molecule has 0 aromatic carbocycles. The Morgan fingerprint density at radius 1 is 1.43 bits per heavy atom. The molecule has 0 saturated heterocycles. The van der Waals surface area contributed by atoms with Gasteiger partial charge in [0.25, 0.3) is 0 Å². The molecular formula is C8H7Cl4NO. The Balaban J connectivity index is 3.11. The number of hydrogen-bond acceptors (Lipinski definition) is 2. The minimum atomic E-state index is -1.50. The average molecular weight is 275 g/mol. The van der Waals surface area contributed by atoms with E-state index in [1.807, 2.05) is 0 Å². The molecule has 1 unspecified atom stereocenters. The standard InChI is InChI=1S/C8H7Cl4NO/c1-7(8(10,11)12)3-2-6(13-14)5(9)4-7/h2-4,14H,1H3. The van der Waals surface area contributed by atoms with E-state index in [1.54, 1.807) is 13.0 Å². The lowest BCUT2D eigenvalue weighted by atomic mass is 9.87. The zero-order chi connectivity index (χ0) is 11.0. The van der Waals surface area contributed by atoms with E-state index < -0.39 is 9.21 Å². The summed E-state index contributed by atoms with van der Waals surface area (Å²) in [7, 11) is 0. The SMILES string of the molecule is CC1(C(Cl)(Cl)Cl)C=CC(=NO)C(Cl)=C1. The third-order valence-corrected chi connectivity index (χ3v) is 3.50. The first kappa shape index (κ1) is 12.2. The van der Waals surface area contributed by atoms with Crippen molar-refractivity contribution in [2.24, 2.45) is 10.6 Å². The fourth-order valence-corrected chi connectivity index (χ4v) is 1.65. The van der Waals surface area contributed by atoms with Gasteiger partial charge in [-0.05, 0) is 19.1 Å². The Morgan fingerprint density at radius 2 is 2.00 bits per heavy atom. The second-order valence-electron chi connectivity index (χ2n) is 3.09. The lowest BCUT2D eigenvalue weighted by molar-refractivity contribution is 0.319. The highest BCUT2D eigenvalue weighted by molar-refractivity contribution is 6.68. The van der Waals surface area contributed by atoms with Crippen LogP contribution in [0.3, 0.4) is 0 Å². The summed E-state index contributed by atoms with van der Waals surface area (Å²) in [6.45, 7) is 1.72. The van der Waals surface area contributed by atoms with Gasteiger partial charge in [0.15, 0.2) is 0 Å². The molecule has 1 N–H and O–H groups in total. The molecule has 0 aromatic rings. The van der Waals surface area contributed by atoms with Crippen LogP contribution in [-0.4, -0.2) is 14.7 Å². The van der Waals surface area contributed by atoms with Crippen LogP contribution in [0.5, 0.6) is 0 Å². The van der Waals surface area contributed by atoms with Crippen molar-refractivity contribution in [3.63, 3.8) is 0 Å². The zero-order valence-corrected chi connectivity index (χ0v) is 10.2. The van der Waals surface area contributed by atoms with Gasteiger partial charge in [0, 0.05) is 0 Å². The number of alkyl halides is 3. The van der Waals surface area contributed by atoms with E-state index in [1.165, 1.54) is 12.2 Å². The van der Waals surface area contributed by atoms with E-state index in [-0.39, 0.29) is 10.7 Å². The molecule has 0 heterocycles. The van der Waals surface area contributed by atoms with Crippen molar-refractivity contribution in [2.45, 2.75) is 10.7 Å². The summed E-state index contributed by atoms with van der Waals surface area (Å²) in [6.07, 6.45) is 4.67. The van der Waals surface area contributed by atoms with Gasteiger partial charge in [0.1, 0.15) is 5.71 Å². The van der Waals surface area contributed by atoms with Crippen molar-refractivity contribution in [3.8, 4) is 0 Å². The van der Waals surface area contributed by atoms with Crippen molar-refractivity contribution >= 4 is 52.1 Å². The Kier molecular flexibility index (Phi) is 3.42. The lowest BCUT2D eigenvalue weighted by Crippen LogP contribution is -2.30. The highest BCUT2D eigenvalue weighted by Gasteiger charge is 2.42. The second-order valence-corrected chi connectivity index (χ2v) is 5.78. The van der Waals surface area contributed by atoms with E-state index in [2.05, 4.69) is 5.16 Å². The monoisotopic (exact) mass is 273 g/mol. The van der Waals surface area contributed by atoms with Crippen molar-refractivity contribution in [1.82, 2.24) is 0 Å². The molecule has 1 rings (SSSR count). The number of oxime groups is 1. The molecule has 1 aliphatic carbocycles. The molecule has 0 radical (unpaired) electrons. The van der Waals surface area contributed by atoms with E-state index in [0.29, 0.717) is 0 Å². The van der Waals surface area contributed by atoms with Crippen LogP contribution in [0.4, 0.5) is 0 Å². The summed E-state index contributed by atoms with van der Waals surface area (Å²) in [5, 5.41) is 11.8. The molecule has 0 amide bonds. The Bertz CT molecular complexity index is 329. The van der Waals surface area contributed by atoms with Gasteiger partial charge in [-0.15, -0.1) is 0 Å². The lowest BCUT2D eigenvalue weighted by Gasteiger charge is -2.32. The van der Waals surface area contributed by atoms with Crippen LogP contribution in [0.1, 0.15) is 6.92 Å². The molecule has 2 nitrogen and oxygen atoms in total. The number of nitrogens with zero attached hydrogens (tertiary/aromatic N) is 1. The molecule has 14 heavy (non-hydrogen) atoms. The minimum absolute atomic E-state index is 0.249. The maximum Gasteiger partial charge on any atom is 0.202 e. The van der Waals surface area contributed by atoms with E-state index >= 15 is 0 Å². The quantitative estimate of drug-likeness (QED) is 0.406. The predicted molar refractivity (Wildman–Crippen MR) is 60.7 cm³/mol. The smallest absolute Gasteiger partial charge is 0.202 e. The highest BCUT2D eigenvalue weighted by atomic mass is 35.6. The zero-order valence-electron chi connectivity index (χ0n) is 7.14. The molecule has 78 valence electrons. The van der Waals surface area contributed by atoms with Crippen LogP contribution in [0.2, 0.25) is 0 Å². The largest absolute Gasteiger partial charge is 0.410 e. The summed E-state index contributed by atoms with van der Waals surface area (Å²) in [4.78, 5) is 0. The fourth-order valence-electron chi connectivity index (χ4n) is 0.974. The van der Waals surface area contributed by atoms with Crippen LogP contribution < -0.4 is 0 Å². The molecule has 0 aromatic heterocycles. The van der Waals surface area contributed by atoms with Gasteiger partial charge < -0.3 is 5.21 Å². The van der Waals surface area contributed by atoms with Crippen LogP contribution in [-0.2, 0) is 0 Å². The third kappa shape index (κ3) is 2.19. The van der Waals surface area contributed by atoms with Gasteiger partial charge in [0.05, 0.1) is 10.4 Å². The Morgan fingerprint density at radius 3 is 2.36 bits per heavy atom. The summed E-state index contributed by atoms with van der Waals surface area (Å²) in [5.74, 6) is 0. The molecular weight excluding hydrogens is 268 g/mol. The maximum atomic E-state index is 8.55. The summed E-state index contributed by atoms with van der Waals surface area (Å²) in [5.41, 5.74) is -0.554. The summed E-state index contributed by atoms with van der Waals surface area (Å²) >= 11 is 23.2.